The summed E-state index contributed by atoms with van der Waals surface area (Å²) < 4.78 is 21.1. The molecule has 5 nitrogen and oxygen atoms in total. The third-order valence-electron chi connectivity index (χ3n) is 1.66. The molecule has 0 aliphatic heterocycles. The Hall–Kier alpha value is -1.07. The Morgan fingerprint density at radius 1 is 1.11 bits per heavy atom. The summed E-state index contributed by atoms with van der Waals surface area (Å²) in [7, 11) is 0. The maximum Gasteiger partial charge on any atom is 0.334 e. The zero-order chi connectivity index (χ0) is 14.1. The quantitative estimate of drug-likeness (QED) is 0.290. The van der Waals surface area contributed by atoms with Gasteiger partial charge in [0.15, 0.2) is 0 Å². The van der Waals surface area contributed by atoms with E-state index in [0.717, 1.165) is 0 Å². The van der Waals surface area contributed by atoms with Crippen LogP contribution in [0, 0.1) is 0 Å². The van der Waals surface area contributed by atoms with Crippen molar-refractivity contribution < 1.29 is 23.7 Å². The molecular weight excluding hydrogens is 236 g/mol. The van der Waals surface area contributed by atoms with Gasteiger partial charge >= 0.3 is 12.4 Å². The molecule has 0 unspecified atom stereocenters. The lowest BCUT2D eigenvalue weighted by Crippen LogP contribution is -2.27. The van der Waals surface area contributed by atoms with Crippen molar-refractivity contribution in [3.05, 3.63) is 11.8 Å². The van der Waals surface area contributed by atoms with E-state index in [-0.39, 0.29) is 12.2 Å². The van der Waals surface area contributed by atoms with Crippen LogP contribution < -0.4 is 0 Å². The van der Waals surface area contributed by atoms with Gasteiger partial charge in [-0.1, -0.05) is 0 Å². The summed E-state index contributed by atoms with van der Waals surface area (Å²) in [5.74, 6) is -0.0532. The fraction of sp³-hybridized carbons (Fsp3) is 0.769. The second-order valence-electron chi connectivity index (χ2n) is 4.28. The molecule has 5 heteroatoms. The molecule has 0 bridgehead atoms. The Labute approximate surface area is 109 Å². The Bertz CT molecular complexity index is 261. The van der Waals surface area contributed by atoms with Crippen molar-refractivity contribution in [2.45, 2.75) is 60.2 Å². The summed E-state index contributed by atoms with van der Waals surface area (Å²) in [4.78, 5) is 11.2. The number of allylic oxidation sites excluding steroid dienone is 1. The maximum atomic E-state index is 11.2. The monoisotopic (exact) mass is 260 g/mol. The van der Waals surface area contributed by atoms with Gasteiger partial charge in [0.25, 0.3) is 0 Å². The minimum atomic E-state index is -0.823. The maximum absolute atomic E-state index is 11.2. The molecule has 0 radical (unpaired) electrons. The lowest BCUT2D eigenvalue weighted by atomic mass is 10.4. The first-order valence-corrected chi connectivity index (χ1v) is 6.17. The topological polar surface area (TPSA) is 54.0 Å². The van der Waals surface area contributed by atoms with Gasteiger partial charge in [-0.05, 0) is 41.5 Å². The normalized spacial score (nSPS) is 12.4. The highest BCUT2D eigenvalue weighted by atomic mass is 16.8. The first-order valence-electron chi connectivity index (χ1n) is 6.17. The van der Waals surface area contributed by atoms with Gasteiger partial charge in [0.2, 0.25) is 0 Å². The number of ether oxygens (including phenoxy) is 4. The molecule has 0 spiro atoms. The number of rotatable bonds is 8. The standard InChI is InChI=1S/C13H24O5/c1-7-15-12(14)8-11(6)18-13(16-9(2)3)17-10(4)5/h8-10,13H,7H2,1-6H3/b11-8-. The summed E-state index contributed by atoms with van der Waals surface area (Å²) in [6, 6.07) is 0. The Morgan fingerprint density at radius 2 is 1.61 bits per heavy atom. The molecule has 0 saturated carbocycles. The first-order chi connectivity index (χ1) is 8.35. The van der Waals surface area contributed by atoms with Crippen LogP contribution in [0.5, 0.6) is 0 Å². The Kier molecular flexibility index (Phi) is 8.41. The average molecular weight is 260 g/mol. The molecule has 0 aliphatic rings. The van der Waals surface area contributed by atoms with Gasteiger partial charge < -0.3 is 18.9 Å². The fourth-order valence-corrected chi connectivity index (χ4v) is 1.07. The minimum Gasteiger partial charge on any atom is -0.463 e. The lowest BCUT2D eigenvalue weighted by molar-refractivity contribution is -0.296. The van der Waals surface area contributed by atoms with E-state index in [4.69, 9.17) is 18.9 Å². The molecule has 0 saturated heterocycles. The van der Waals surface area contributed by atoms with Gasteiger partial charge in [0.1, 0.15) is 5.76 Å². The molecule has 0 atom stereocenters. The van der Waals surface area contributed by atoms with Crippen LogP contribution in [-0.4, -0.2) is 31.3 Å². The molecule has 0 N–H and O–H groups in total. The Morgan fingerprint density at radius 3 is 2.00 bits per heavy atom. The molecule has 0 rings (SSSR count). The van der Waals surface area contributed by atoms with Gasteiger partial charge in [0.05, 0.1) is 24.9 Å². The van der Waals surface area contributed by atoms with Crippen LogP contribution in [0.2, 0.25) is 0 Å². The van der Waals surface area contributed by atoms with Gasteiger partial charge in [-0.15, -0.1) is 0 Å². The number of carbonyl (C=O) groups is 1. The van der Waals surface area contributed by atoms with Crippen LogP contribution in [0.3, 0.4) is 0 Å². The van der Waals surface area contributed by atoms with E-state index < -0.39 is 12.4 Å². The van der Waals surface area contributed by atoms with Crippen molar-refractivity contribution in [3.8, 4) is 0 Å². The Balaban J connectivity index is 4.41. The molecule has 18 heavy (non-hydrogen) atoms. The van der Waals surface area contributed by atoms with Crippen molar-refractivity contribution in [2.75, 3.05) is 6.61 Å². The van der Waals surface area contributed by atoms with Crippen LogP contribution in [-0.2, 0) is 23.7 Å². The summed E-state index contributed by atoms with van der Waals surface area (Å²) in [6.45, 7) is 10.4. The third-order valence-corrected chi connectivity index (χ3v) is 1.66. The molecular formula is C13H24O5. The molecule has 0 heterocycles. The van der Waals surface area contributed by atoms with Crippen molar-refractivity contribution in [3.63, 3.8) is 0 Å². The zero-order valence-electron chi connectivity index (χ0n) is 12.1. The van der Waals surface area contributed by atoms with E-state index in [9.17, 15) is 4.79 Å². The van der Waals surface area contributed by atoms with E-state index in [0.29, 0.717) is 12.4 Å². The predicted octanol–water partition coefficient (Wildman–Crippen LogP) is 2.60. The molecule has 0 amide bonds. The summed E-state index contributed by atoms with van der Waals surface area (Å²) in [5, 5.41) is 0. The summed E-state index contributed by atoms with van der Waals surface area (Å²) in [6.07, 6.45) is 1.19. The third kappa shape index (κ3) is 9.01. The minimum absolute atomic E-state index is 0.0378. The first kappa shape index (κ1) is 16.9. The van der Waals surface area contributed by atoms with Gasteiger partial charge in [-0.25, -0.2) is 4.79 Å². The number of carbonyl (C=O) groups excluding carboxylic acids is 1. The summed E-state index contributed by atoms with van der Waals surface area (Å²) in [5.41, 5.74) is 0. The van der Waals surface area contributed by atoms with Crippen LogP contribution >= 0.6 is 0 Å². The van der Waals surface area contributed by atoms with Gasteiger partial charge in [-0.2, -0.15) is 0 Å². The van der Waals surface area contributed by atoms with Crippen molar-refractivity contribution in [1.29, 1.82) is 0 Å². The van der Waals surface area contributed by atoms with Crippen LogP contribution in [0.25, 0.3) is 0 Å². The fourth-order valence-electron chi connectivity index (χ4n) is 1.07. The second-order valence-corrected chi connectivity index (χ2v) is 4.28. The number of esters is 1. The largest absolute Gasteiger partial charge is 0.463 e. The van der Waals surface area contributed by atoms with E-state index in [1.807, 2.05) is 27.7 Å². The second kappa shape index (κ2) is 8.94. The number of hydrogen-bond donors (Lipinski definition) is 0. The van der Waals surface area contributed by atoms with Crippen LogP contribution in [0.4, 0.5) is 0 Å². The van der Waals surface area contributed by atoms with Crippen LogP contribution in [0.15, 0.2) is 11.8 Å². The molecule has 0 aliphatic carbocycles. The highest BCUT2D eigenvalue weighted by Crippen LogP contribution is 2.10. The van der Waals surface area contributed by atoms with E-state index in [1.165, 1.54) is 6.08 Å². The molecule has 0 aromatic rings. The van der Waals surface area contributed by atoms with Crippen molar-refractivity contribution in [1.82, 2.24) is 0 Å². The average Bonchev–Trinajstić information content (AvgIpc) is 2.14. The summed E-state index contributed by atoms with van der Waals surface area (Å²) >= 11 is 0. The molecule has 0 aromatic heterocycles. The highest BCUT2D eigenvalue weighted by molar-refractivity contribution is 5.82. The van der Waals surface area contributed by atoms with E-state index in [1.54, 1.807) is 13.8 Å². The SMILES string of the molecule is CCOC(=O)/C=C(/C)OC(OC(C)C)OC(C)C. The highest BCUT2D eigenvalue weighted by Gasteiger charge is 2.15. The van der Waals surface area contributed by atoms with E-state index in [2.05, 4.69) is 0 Å². The van der Waals surface area contributed by atoms with Crippen molar-refractivity contribution >= 4 is 5.97 Å². The van der Waals surface area contributed by atoms with Gasteiger partial charge in [-0.3, -0.25) is 0 Å². The van der Waals surface area contributed by atoms with E-state index >= 15 is 0 Å². The lowest BCUT2D eigenvalue weighted by Gasteiger charge is -2.23. The smallest absolute Gasteiger partial charge is 0.334 e. The predicted molar refractivity (Wildman–Crippen MR) is 67.7 cm³/mol. The van der Waals surface area contributed by atoms with Crippen LogP contribution in [0.1, 0.15) is 41.5 Å². The van der Waals surface area contributed by atoms with Gasteiger partial charge in [0, 0.05) is 0 Å². The molecule has 0 aromatic carbocycles. The molecule has 106 valence electrons. The van der Waals surface area contributed by atoms with Crippen molar-refractivity contribution in [2.24, 2.45) is 0 Å². The molecule has 0 fully saturated rings. The zero-order valence-corrected chi connectivity index (χ0v) is 12.1. The number of hydrogen-bond acceptors (Lipinski definition) is 5.